The Morgan fingerprint density at radius 1 is 1.25 bits per heavy atom. The zero-order valence-electron chi connectivity index (χ0n) is 10.2. The normalized spacial score (nSPS) is 17.8. The van der Waals surface area contributed by atoms with Crippen molar-refractivity contribution in [2.75, 3.05) is 6.26 Å². The standard InChI is InChI=1S/C14H20OS/c1-9(2)11-5-4-6-12(13(11)15)14(16-3)10-7-8-10/h4-6,9-10,14-15H,7-8H2,1-3H3. The van der Waals surface area contributed by atoms with Gasteiger partial charge in [-0.1, -0.05) is 32.0 Å². The van der Waals surface area contributed by atoms with Gasteiger partial charge in [0.2, 0.25) is 0 Å². The lowest BCUT2D eigenvalue weighted by atomic mass is 9.96. The molecule has 88 valence electrons. The third-order valence-corrected chi connectivity index (χ3v) is 4.48. The summed E-state index contributed by atoms with van der Waals surface area (Å²) in [6, 6.07) is 6.20. The first-order chi connectivity index (χ1) is 7.65. The molecule has 0 aliphatic heterocycles. The molecule has 1 nitrogen and oxygen atoms in total. The van der Waals surface area contributed by atoms with Crippen LogP contribution in [0.2, 0.25) is 0 Å². The molecule has 1 aliphatic rings. The van der Waals surface area contributed by atoms with Crippen molar-refractivity contribution < 1.29 is 5.11 Å². The largest absolute Gasteiger partial charge is 0.507 e. The van der Waals surface area contributed by atoms with Gasteiger partial charge in [-0.25, -0.2) is 0 Å². The van der Waals surface area contributed by atoms with E-state index in [-0.39, 0.29) is 0 Å². The maximum absolute atomic E-state index is 10.3. The highest BCUT2D eigenvalue weighted by Crippen LogP contribution is 2.51. The molecule has 1 fully saturated rings. The van der Waals surface area contributed by atoms with Gasteiger partial charge in [0.15, 0.2) is 0 Å². The minimum absolute atomic E-state index is 0.390. The second-order valence-electron chi connectivity index (χ2n) is 4.93. The van der Waals surface area contributed by atoms with Crippen LogP contribution in [0.5, 0.6) is 5.75 Å². The molecule has 2 heteroatoms. The van der Waals surface area contributed by atoms with Gasteiger partial charge in [0.05, 0.1) is 0 Å². The Balaban J connectivity index is 2.35. The number of hydrogen-bond donors (Lipinski definition) is 1. The third-order valence-electron chi connectivity index (χ3n) is 3.33. The Morgan fingerprint density at radius 3 is 2.38 bits per heavy atom. The predicted octanol–water partition coefficient (Wildman–Crippen LogP) is 4.33. The molecular weight excluding hydrogens is 216 g/mol. The number of aromatic hydroxyl groups is 1. The Morgan fingerprint density at radius 2 is 1.88 bits per heavy atom. The van der Waals surface area contributed by atoms with Crippen molar-refractivity contribution >= 4 is 11.8 Å². The average Bonchev–Trinajstić information content (AvgIpc) is 3.05. The summed E-state index contributed by atoms with van der Waals surface area (Å²) >= 11 is 1.87. The lowest BCUT2D eigenvalue weighted by Crippen LogP contribution is -1.99. The van der Waals surface area contributed by atoms with E-state index >= 15 is 0 Å². The number of hydrogen-bond acceptors (Lipinski definition) is 2. The molecule has 1 saturated carbocycles. The van der Waals surface area contributed by atoms with Crippen molar-refractivity contribution in [2.45, 2.75) is 37.9 Å². The fourth-order valence-electron chi connectivity index (χ4n) is 2.25. The van der Waals surface area contributed by atoms with E-state index in [1.165, 1.54) is 12.8 Å². The summed E-state index contributed by atoms with van der Waals surface area (Å²) in [5.41, 5.74) is 2.22. The highest BCUT2D eigenvalue weighted by Gasteiger charge is 2.33. The molecule has 0 spiro atoms. The van der Waals surface area contributed by atoms with Crippen LogP contribution in [0.3, 0.4) is 0 Å². The van der Waals surface area contributed by atoms with Crippen LogP contribution in [0.4, 0.5) is 0 Å². The predicted molar refractivity (Wildman–Crippen MR) is 71.2 cm³/mol. The van der Waals surface area contributed by atoms with Gasteiger partial charge in [0.25, 0.3) is 0 Å². The lowest BCUT2D eigenvalue weighted by Gasteiger charge is -2.18. The first-order valence-corrected chi connectivity index (χ1v) is 7.28. The van der Waals surface area contributed by atoms with Gasteiger partial charge in [-0.2, -0.15) is 11.8 Å². The molecular formula is C14H20OS. The van der Waals surface area contributed by atoms with Crippen LogP contribution in [0.15, 0.2) is 18.2 Å². The fourth-order valence-corrected chi connectivity index (χ4v) is 3.35. The quantitative estimate of drug-likeness (QED) is 0.839. The molecule has 0 heterocycles. The van der Waals surface area contributed by atoms with Crippen LogP contribution in [0.1, 0.15) is 49.0 Å². The number of phenols is 1. The van der Waals surface area contributed by atoms with Crippen LogP contribution in [0.25, 0.3) is 0 Å². The van der Waals surface area contributed by atoms with E-state index in [0.717, 1.165) is 17.0 Å². The summed E-state index contributed by atoms with van der Waals surface area (Å²) in [5.74, 6) is 1.70. The maximum atomic E-state index is 10.3. The molecule has 1 aliphatic carbocycles. The SMILES string of the molecule is CSC(c1cccc(C(C)C)c1O)C1CC1. The van der Waals surface area contributed by atoms with E-state index < -0.39 is 0 Å². The van der Waals surface area contributed by atoms with Gasteiger partial charge in [-0.3, -0.25) is 0 Å². The number of phenolic OH excluding ortho intramolecular Hbond substituents is 1. The summed E-state index contributed by atoms with van der Waals surface area (Å²) in [4.78, 5) is 0. The summed E-state index contributed by atoms with van der Waals surface area (Å²) in [6.45, 7) is 4.26. The number of rotatable bonds is 4. The van der Waals surface area contributed by atoms with Gasteiger partial charge in [0.1, 0.15) is 5.75 Å². The Labute approximate surface area is 102 Å². The molecule has 2 rings (SSSR count). The fraction of sp³-hybridized carbons (Fsp3) is 0.571. The molecule has 1 atom stereocenters. The maximum Gasteiger partial charge on any atom is 0.123 e. The summed E-state index contributed by atoms with van der Waals surface area (Å²) in [5, 5.41) is 10.8. The zero-order valence-corrected chi connectivity index (χ0v) is 11.1. The molecule has 1 aromatic rings. The van der Waals surface area contributed by atoms with E-state index in [1.807, 2.05) is 17.8 Å². The first kappa shape index (κ1) is 11.8. The molecule has 0 saturated heterocycles. The summed E-state index contributed by atoms with van der Waals surface area (Å²) < 4.78 is 0. The highest BCUT2D eigenvalue weighted by molar-refractivity contribution is 7.98. The van der Waals surface area contributed by atoms with Gasteiger partial charge >= 0.3 is 0 Å². The molecule has 0 bridgehead atoms. The zero-order chi connectivity index (χ0) is 11.7. The third kappa shape index (κ3) is 2.22. The van der Waals surface area contributed by atoms with Crippen molar-refractivity contribution in [1.29, 1.82) is 0 Å². The van der Waals surface area contributed by atoms with Crippen molar-refractivity contribution in [3.8, 4) is 5.75 Å². The molecule has 1 N–H and O–H groups in total. The number of thioether (sulfide) groups is 1. The Kier molecular flexibility index (Phi) is 3.48. The van der Waals surface area contributed by atoms with E-state index in [2.05, 4.69) is 32.2 Å². The smallest absolute Gasteiger partial charge is 0.123 e. The first-order valence-electron chi connectivity index (χ1n) is 5.99. The second kappa shape index (κ2) is 4.70. The lowest BCUT2D eigenvalue weighted by molar-refractivity contribution is 0.455. The minimum atomic E-state index is 0.390. The second-order valence-corrected chi connectivity index (χ2v) is 5.91. The molecule has 1 aromatic carbocycles. The van der Waals surface area contributed by atoms with E-state index in [4.69, 9.17) is 0 Å². The van der Waals surface area contributed by atoms with Gasteiger partial charge < -0.3 is 5.11 Å². The van der Waals surface area contributed by atoms with Crippen molar-refractivity contribution in [2.24, 2.45) is 5.92 Å². The Hall–Kier alpha value is -0.630. The Bertz CT molecular complexity index is 369. The monoisotopic (exact) mass is 236 g/mol. The van der Waals surface area contributed by atoms with Crippen molar-refractivity contribution in [3.05, 3.63) is 29.3 Å². The topological polar surface area (TPSA) is 20.2 Å². The molecule has 0 aromatic heterocycles. The summed E-state index contributed by atoms with van der Waals surface area (Å²) in [6.07, 6.45) is 4.78. The van der Waals surface area contributed by atoms with Crippen LogP contribution in [-0.4, -0.2) is 11.4 Å². The van der Waals surface area contributed by atoms with E-state index in [9.17, 15) is 5.11 Å². The van der Waals surface area contributed by atoms with Crippen molar-refractivity contribution in [3.63, 3.8) is 0 Å². The molecule has 1 unspecified atom stereocenters. The number of para-hydroxylation sites is 1. The van der Waals surface area contributed by atoms with E-state index in [1.54, 1.807) is 0 Å². The summed E-state index contributed by atoms with van der Waals surface area (Å²) in [7, 11) is 0. The highest BCUT2D eigenvalue weighted by atomic mass is 32.2. The van der Waals surface area contributed by atoms with Gasteiger partial charge in [-0.15, -0.1) is 0 Å². The minimum Gasteiger partial charge on any atom is -0.507 e. The average molecular weight is 236 g/mol. The van der Waals surface area contributed by atoms with Gasteiger partial charge in [-0.05, 0) is 36.5 Å². The molecule has 0 amide bonds. The molecule has 16 heavy (non-hydrogen) atoms. The van der Waals surface area contributed by atoms with Crippen molar-refractivity contribution in [1.82, 2.24) is 0 Å². The van der Waals surface area contributed by atoms with Gasteiger partial charge in [0, 0.05) is 10.8 Å². The van der Waals surface area contributed by atoms with Crippen LogP contribution in [-0.2, 0) is 0 Å². The van der Waals surface area contributed by atoms with Crippen LogP contribution in [0, 0.1) is 5.92 Å². The number of benzene rings is 1. The van der Waals surface area contributed by atoms with E-state index in [0.29, 0.717) is 16.9 Å². The van der Waals surface area contributed by atoms with Crippen LogP contribution >= 0.6 is 11.8 Å². The van der Waals surface area contributed by atoms with Crippen LogP contribution < -0.4 is 0 Å². The molecule has 0 radical (unpaired) electrons.